The summed E-state index contributed by atoms with van der Waals surface area (Å²) < 4.78 is 0. The largest absolute Gasteiger partial charge is 0.319 e. The lowest BCUT2D eigenvalue weighted by atomic mass is 10.2. The number of nitrogens with one attached hydrogen (secondary N) is 1. The van der Waals surface area contributed by atoms with Crippen molar-refractivity contribution in [3.8, 4) is 0 Å². The molecule has 64 valence electrons. The van der Waals surface area contributed by atoms with Crippen molar-refractivity contribution in [2.45, 2.75) is 0 Å². The number of hydrogen-bond donors (Lipinski definition) is 1. The number of hydrazine groups is 1. The van der Waals surface area contributed by atoms with Gasteiger partial charge in [0.1, 0.15) is 0 Å². The molecule has 0 aliphatic heterocycles. The molecule has 0 aliphatic carbocycles. The molecule has 2 nitrogen and oxygen atoms in total. The Balaban J connectivity index is 2.66. The zero-order valence-corrected chi connectivity index (χ0v) is 7.54. The molecule has 1 rings (SSSR count). The van der Waals surface area contributed by atoms with Crippen molar-refractivity contribution in [3.05, 3.63) is 42.5 Å². The number of hydrogen-bond acceptors (Lipinski definition) is 2. The summed E-state index contributed by atoms with van der Waals surface area (Å²) in [7, 11) is 3.88. The number of benzene rings is 1. The van der Waals surface area contributed by atoms with Gasteiger partial charge in [-0.15, -0.1) is 0 Å². The average Bonchev–Trinajstić information content (AvgIpc) is 2.05. The van der Waals surface area contributed by atoms with Gasteiger partial charge in [-0.05, 0) is 5.56 Å². The molecule has 0 saturated carbocycles. The van der Waals surface area contributed by atoms with E-state index in [1.165, 1.54) is 0 Å². The van der Waals surface area contributed by atoms with Crippen LogP contribution in [0.1, 0.15) is 5.56 Å². The summed E-state index contributed by atoms with van der Waals surface area (Å²) in [6, 6.07) is 10.0. The van der Waals surface area contributed by atoms with Gasteiger partial charge in [0, 0.05) is 19.8 Å². The van der Waals surface area contributed by atoms with Crippen LogP contribution >= 0.6 is 0 Å². The van der Waals surface area contributed by atoms with Crippen LogP contribution in [0.4, 0.5) is 0 Å². The van der Waals surface area contributed by atoms with E-state index in [9.17, 15) is 0 Å². The van der Waals surface area contributed by atoms with E-state index in [0.717, 1.165) is 11.3 Å². The number of nitrogens with zero attached hydrogens (tertiary/aromatic N) is 1. The van der Waals surface area contributed by atoms with Crippen molar-refractivity contribution in [3.63, 3.8) is 0 Å². The van der Waals surface area contributed by atoms with Crippen molar-refractivity contribution in [2.75, 3.05) is 14.1 Å². The Kier molecular flexibility index (Phi) is 2.88. The SMILES string of the molecule is C=C(NN(C)C)c1ccccc1. The first-order chi connectivity index (χ1) is 5.70. The van der Waals surface area contributed by atoms with Crippen LogP contribution in [0.3, 0.4) is 0 Å². The number of rotatable bonds is 3. The van der Waals surface area contributed by atoms with Gasteiger partial charge < -0.3 is 5.43 Å². The Hall–Kier alpha value is -1.28. The molecule has 0 amide bonds. The Bertz CT molecular complexity index is 252. The van der Waals surface area contributed by atoms with Gasteiger partial charge in [0.2, 0.25) is 0 Å². The van der Waals surface area contributed by atoms with Gasteiger partial charge in [-0.1, -0.05) is 36.9 Å². The second-order valence-corrected chi connectivity index (χ2v) is 2.85. The molecular weight excluding hydrogens is 148 g/mol. The molecule has 1 N–H and O–H groups in total. The topological polar surface area (TPSA) is 15.3 Å². The van der Waals surface area contributed by atoms with Crippen LogP contribution in [0.5, 0.6) is 0 Å². The van der Waals surface area contributed by atoms with Gasteiger partial charge in [0.15, 0.2) is 0 Å². The minimum atomic E-state index is 0.917. The van der Waals surface area contributed by atoms with E-state index < -0.39 is 0 Å². The van der Waals surface area contributed by atoms with E-state index in [-0.39, 0.29) is 0 Å². The third kappa shape index (κ3) is 2.40. The molecule has 2 heteroatoms. The maximum Gasteiger partial charge on any atom is 0.0490 e. The Morgan fingerprint density at radius 2 is 1.83 bits per heavy atom. The summed E-state index contributed by atoms with van der Waals surface area (Å²) in [5.41, 5.74) is 5.13. The van der Waals surface area contributed by atoms with Crippen LogP contribution in [-0.4, -0.2) is 19.1 Å². The standard InChI is InChI=1S/C10H14N2/c1-9(11-12(2)3)10-7-5-4-6-8-10/h4-8,11H,1H2,2-3H3. The van der Waals surface area contributed by atoms with Crippen molar-refractivity contribution < 1.29 is 0 Å². The Labute approximate surface area is 73.5 Å². The van der Waals surface area contributed by atoms with Crippen molar-refractivity contribution in [1.29, 1.82) is 0 Å². The normalized spacial score (nSPS) is 9.92. The van der Waals surface area contributed by atoms with Gasteiger partial charge in [-0.25, -0.2) is 5.01 Å². The minimum Gasteiger partial charge on any atom is -0.319 e. The summed E-state index contributed by atoms with van der Waals surface area (Å²) in [4.78, 5) is 0. The summed E-state index contributed by atoms with van der Waals surface area (Å²) in [5, 5.41) is 1.87. The maximum absolute atomic E-state index is 3.91. The molecule has 1 aromatic carbocycles. The lowest BCUT2D eigenvalue weighted by Crippen LogP contribution is -2.28. The first-order valence-electron chi connectivity index (χ1n) is 3.88. The smallest absolute Gasteiger partial charge is 0.0490 e. The molecule has 0 atom stereocenters. The molecule has 0 heterocycles. The molecule has 0 saturated heterocycles. The van der Waals surface area contributed by atoms with E-state index in [0.29, 0.717) is 0 Å². The molecule has 0 fully saturated rings. The Morgan fingerprint density at radius 1 is 1.25 bits per heavy atom. The molecule has 0 unspecified atom stereocenters. The third-order valence-corrected chi connectivity index (χ3v) is 1.48. The van der Waals surface area contributed by atoms with Crippen molar-refractivity contribution >= 4 is 5.70 Å². The highest BCUT2D eigenvalue weighted by Crippen LogP contribution is 2.07. The summed E-state index contributed by atoms with van der Waals surface area (Å²) >= 11 is 0. The van der Waals surface area contributed by atoms with E-state index in [2.05, 4.69) is 12.0 Å². The quantitative estimate of drug-likeness (QED) is 0.681. The van der Waals surface area contributed by atoms with Gasteiger partial charge in [0.25, 0.3) is 0 Å². The first-order valence-corrected chi connectivity index (χ1v) is 3.88. The second kappa shape index (κ2) is 3.93. The maximum atomic E-state index is 3.91. The monoisotopic (exact) mass is 162 g/mol. The summed E-state index contributed by atoms with van der Waals surface area (Å²) in [6.45, 7) is 3.91. The zero-order chi connectivity index (χ0) is 8.97. The first kappa shape index (κ1) is 8.81. The van der Waals surface area contributed by atoms with Crippen LogP contribution in [0.15, 0.2) is 36.9 Å². The molecule has 0 aliphatic rings. The van der Waals surface area contributed by atoms with Gasteiger partial charge >= 0.3 is 0 Å². The highest BCUT2D eigenvalue weighted by molar-refractivity contribution is 5.60. The van der Waals surface area contributed by atoms with Crippen LogP contribution in [0.2, 0.25) is 0 Å². The summed E-state index contributed by atoms with van der Waals surface area (Å²) in [6.07, 6.45) is 0. The Morgan fingerprint density at radius 3 is 2.33 bits per heavy atom. The third-order valence-electron chi connectivity index (χ3n) is 1.48. The fourth-order valence-electron chi connectivity index (χ4n) is 0.974. The summed E-state index contributed by atoms with van der Waals surface area (Å²) in [5.74, 6) is 0. The van der Waals surface area contributed by atoms with E-state index in [1.54, 1.807) is 0 Å². The molecular formula is C10H14N2. The fourth-order valence-corrected chi connectivity index (χ4v) is 0.974. The predicted molar refractivity (Wildman–Crippen MR) is 52.3 cm³/mol. The zero-order valence-electron chi connectivity index (χ0n) is 7.54. The van der Waals surface area contributed by atoms with Gasteiger partial charge in [-0.3, -0.25) is 0 Å². The highest BCUT2D eigenvalue weighted by Gasteiger charge is 1.96. The lowest BCUT2D eigenvalue weighted by Gasteiger charge is -2.15. The van der Waals surface area contributed by atoms with Gasteiger partial charge in [-0.2, -0.15) is 0 Å². The van der Waals surface area contributed by atoms with E-state index in [4.69, 9.17) is 0 Å². The van der Waals surface area contributed by atoms with Crippen molar-refractivity contribution in [2.24, 2.45) is 0 Å². The van der Waals surface area contributed by atoms with Crippen molar-refractivity contribution in [1.82, 2.24) is 10.4 Å². The highest BCUT2D eigenvalue weighted by atomic mass is 15.5. The minimum absolute atomic E-state index is 0.917. The molecule has 0 spiro atoms. The van der Waals surface area contributed by atoms with Gasteiger partial charge in [0.05, 0.1) is 0 Å². The second-order valence-electron chi connectivity index (χ2n) is 2.85. The molecule has 1 aromatic rings. The molecule has 0 radical (unpaired) electrons. The fraction of sp³-hybridized carbons (Fsp3) is 0.200. The lowest BCUT2D eigenvalue weighted by molar-refractivity contribution is 0.353. The predicted octanol–water partition coefficient (Wildman–Crippen LogP) is 1.72. The average molecular weight is 162 g/mol. The molecule has 12 heavy (non-hydrogen) atoms. The molecule has 0 bridgehead atoms. The van der Waals surface area contributed by atoms with Crippen LogP contribution in [0, 0.1) is 0 Å². The van der Waals surface area contributed by atoms with Crippen LogP contribution in [-0.2, 0) is 0 Å². The van der Waals surface area contributed by atoms with Crippen LogP contribution < -0.4 is 5.43 Å². The molecule has 0 aromatic heterocycles. The van der Waals surface area contributed by atoms with E-state index >= 15 is 0 Å². The van der Waals surface area contributed by atoms with Crippen LogP contribution in [0.25, 0.3) is 5.70 Å². The van der Waals surface area contributed by atoms with E-state index in [1.807, 2.05) is 49.4 Å².